The molecule has 0 aliphatic carbocycles. The van der Waals surface area contributed by atoms with Gasteiger partial charge in [0.05, 0.1) is 18.5 Å². The standard InChI is InChI=1S/C15H21N5O2S.HI/c1-10-11(2)23-13(20-10)9-19-15(16-3)18-7-6-17-14(21)12-5-4-8-22-12;/h4-5,8H,6-7,9H2,1-3H3,(H,17,21)(H2,16,18,19);1H. The Hall–Kier alpha value is -1.62. The molecule has 0 aliphatic rings. The summed E-state index contributed by atoms with van der Waals surface area (Å²) in [5, 5.41) is 10.1. The van der Waals surface area contributed by atoms with E-state index in [-0.39, 0.29) is 29.9 Å². The van der Waals surface area contributed by atoms with Crippen molar-refractivity contribution in [2.24, 2.45) is 4.99 Å². The number of guanidine groups is 1. The summed E-state index contributed by atoms with van der Waals surface area (Å²) in [5.41, 5.74) is 1.07. The molecule has 0 spiro atoms. The van der Waals surface area contributed by atoms with Crippen LogP contribution in [0.4, 0.5) is 0 Å². The minimum atomic E-state index is -0.228. The van der Waals surface area contributed by atoms with E-state index in [0.717, 1.165) is 10.7 Å². The summed E-state index contributed by atoms with van der Waals surface area (Å²) in [6, 6.07) is 3.31. The van der Waals surface area contributed by atoms with Gasteiger partial charge in [0.1, 0.15) is 5.01 Å². The summed E-state index contributed by atoms with van der Waals surface area (Å²) in [6.07, 6.45) is 1.47. The van der Waals surface area contributed by atoms with Crippen molar-refractivity contribution in [3.8, 4) is 0 Å². The molecular weight excluding hydrogens is 441 g/mol. The van der Waals surface area contributed by atoms with E-state index in [1.54, 1.807) is 30.5 Å². The third-order valence-electron chi connectivity index (χ3n) is 3.15. The van der Waals surface area contributed by atoms with E-state index in [1.807, 2.05) is 6.92 Å². The SMILES string of the molecule is CN=C(NCCNC(=O)c1ccco1)NCc1nc(C)c(C)s1.I. The van der Waals surface area contributed by atoms with Crippen molar-refractivity contribution in [3.05, 3.63) is 39.7 Å². The van der Waals surface area contributed by atoms with Crippen LogP contribution in [0.3, 0.4) is 0 Å². The number of carbonyl (C=O) groups is 1. The summed E-state index contributed by atoms with van der Waals surface area (Å²) in [4.78, 5) is 21.5. The third kappa shape index (κ3) is 6.11. The summed E-state index contributed by atoms with van der Waals surface area (Å²) in [5.74, 6) is 0.748. The Labute approximate surface area is 162 Å². The van der Waals surface area contributed by atoms with E-state index < -0.39 is 0 Å². The van der Waals surface area contributed by atoms with Gasteiger partial charge in [0.2, 0.25) is 0 Å². The van der Waals surface area contributed by atoms with Crippen molar-refractivity contribution >= 4 is 47.2 Å². The molecule has 7 nitrogen and oxygen atoms in total. The molecule has 2 heterocycles. The van der Waals surface area contributed by atoms with Gasteiger partial charge >= 0.3 is 0 Å². The fourth-order valence-corrected chi connectivity index (χ4v) is 2.72. The number of aliphatic imine (C=N–C) groups is 1. The lowest BCUT2D eigenvalue weighted by Gasteiger charge is -2.11. The smallest absolute Gasteiger partial charge is 0.287 e. The Morgan fingerprint density at radius 3 is 2.62 bits per heavy atom. The van der Waals surface area contributed by atoms with Gasteiger partial charge in [0.25, 0.3) is 5.91 Å². The molecule has 0 aliphatic heterocycles. The summed E-state index contributed by atoms with van der Waals surface area (Å²) in [7, 11) is 1.70. The molecule has 2 aromatic heterocycles. The Morgan fingerprint density at radius 1 is 1.29 bits per heavy atom. The number of furan rings is 1. The fraction of sp³-hybridized carbons (Fsp3) is 0.400. The maximum Gasteiger partial charge on any atom is 0.287 e. The third-order valence-corrected chi connectivity index (χ3v) is 4.22. The van der Waals surface area contributed by atoms with Crippen LogP contribution in [0.1, 0.15) is 26.1 Å². The van der Waals surface area contributed by atoms with Gasteiger partial charge < -0.3 is 20.4 Å². The molecule has 0 fully saturated rings. The molecular formula is C15H22IN5O2S. The van der Waals surface area contributed by atoms with Crippen molar-refractivity contribution in [3.63, 3.8) is 0 Å². The average molecular weight is 463 g/mol. The second-order valence-corrected chi connectivity index (χ2v) is 6.12. The molecule has 0 bridgehead atoms. The number of carbonyl (C=O) groups excluding carboxylic acids is 1. The number of aromatic nitrogens is 1. The lowest BCUT2D eigenvalue weighted by atomic mass is 10.4. The van der Waals surface area contributed by atoms with Crippen LogP contribution in [0, 0.1) is 13.8 Å². The molecule has 0 aromatic carbocycles. The van der Waals surface area contributed by atoms with Crippen LogP contribution in [-0.4, -0.2) is 37.0 Å². The summed E-state index contributed by atoms with van der Waals surface area (Å²) in [6.45, 7) is 5.71. The number of aryl methyl sites for hydroxylation is 2. The molecule has 2 rings (SSSR count). The second-order valence-electron chi connectivity index (χ2n) is 4.83. The Morgan fingerprint density at radius 2 is 2.04 bits per heavy atom. The zero-order chi connectivity index (χ0) is 16.7. The fourth-order valence-electron chi connectivity index (χ4n) is 1.85. The van der Waals surface area contributed by atoms with E-state index in [9.17, 15) is 4.79 Å². The van der Waals surface area contributed by atoms with Gasteiger partial charge in [0, 0.05) is 25.0 Å². The van der Waals surface area contributed by atoms with E-state index in [4.69, 9.17) is 4.42 Å². The number of hydrogen-bond donors (Lipinski definition) is 3. The number of rotatable bonds is 6. The van der Waals surface area contributed by atoms with Crippen molar-refractivity contribution in [2.45, 2.75) is 20.4 Å². The zero-order valence-electron chi connectivity index (χ0n) is 13.9. The highest BCUT2D eigenvalue weighted by molar-refractivity contribution is 14.0. The van der Waals surface area contributed by atoms with Crippen LogP contribution in [0.5, 0.6) is 0 Å². The normalized spacial score (nSPS) is 10.9. The van der Waals surface area contributed by atoms with Crippen LogP contribution in [0.25, 0.3) is 0 Å². The van der Waals surface area contributed by atoms with E-state index >= 15 is 0 Å². The number of nitrogens with one attached hydrogen (secondary N) is 3. The molecule has 0 unspecified atom stereocenters. The van der Waals surface area contributed by atoms with Crippen molar-refractivity contribution in [1.29, 1.82) is 0 Å². The molecule has 1 amide bonds. The van der Waals surface area contributed by atoms with Crippen LogP contribution in [0.2, 0.25) is 0 Å². The van der Waals surface area contributed by atoms with E-state index in [0.29, 0.717) is 31.4 Å². The number of thiazole rings is 1. The maximum atomic E-state index is 11.7. The lowest BCUT2D eigenvalue weighted by molar-refractivity contribution is 0.0926. The molecule has 0 saturated carbocycles. The zero-order valence-corrected chi connectivity index (χ0v) is 17.0. The molecule has 0 atom stereocenters. The van der Waals surface area contributed by atoms with Gasteiger partial charge in [-0.25, -0.2) is 4.98 Å². The van der Waals surface area contributed by atoms with Crippen molar-refractivity contribution in [2.75, 3.05) is 20.1 Å². The first-order chi connectivity index (χ1) is 11.1. The van der Waals surface area contributed by atoms with Crippen LogP contribution in [0.15, 0.2) is 27.8 Å². The summed E-state index contributed by atoms with van der Waals surface area (Å²) >= 11 is 1.67. The Kier molecular flexibility index (Phi) is 8.76. The van der Waals surface area contributed by atoms with Gasteiger partial charge in [-0.1, -0.05) is 0 Å². The summed E-state index contributed by atoms with van der Waals surface area (Å²) < 4.78 is 5.02. The average Bonchev–Trinajstić information content (AvgIpc) is 3.17. The predicted octanol–water partition coefficient (Wildman–Crippen LogP) is 2.07. The number of nitrogens with zero attached hydrogens (tertiary/aromatic N) is 2. The van der Waals surface area contributed by atoms with Gasteiger partial charge in [-0.15, -0.1) is 35.3 Å². The van der Waals surface area contributed by atoms with E-state index in [1.165, 1.54) is 11.1 Å². The highest BCUT2D eigenvalue weighted by Crippen LogP contribution is 2.15. The highest BCUT2D eigenvalue weighted by atomic mass is 127. The van der Waals surface area contributed by atoms with Gasteiger partial charge in [-0.3, -0.25) is 9.79 Å². The van der Waals surface area contributed by atoms with Crippen molar-refractivity contribution in [1.82, 2.24) is 20.9 Å². The van der Waals surface area contributed by atoms with Crippen LogP contribution in [-0.2, 0) is 6.54 Å². The monoisotopic (exact) mass is 463 g/mol. The number of halogens is 1. The first-order valence-electron chi connectivity index (χ1n) is 7.29. The number of hydrogen-bond acceptors (Lipinski definition) is 5. The first kappa shape index (κ1) is 20.4. The second kappa shape index (κ2) is 10.3. The largest absolute Gasteiger partial charge is 0.459 e. The molecule has 0 saturated heterocycles. The van der Waals surface area contributed by atoms with Crippen molar-refractivity contribution < 1.29 is 9.21 Å². The lowest BCUT2D eigenvalue weighted by Crippen LogP contribution is -2.41. The first-order valence-corrected chi connectivity index (χ1v) is 8.11. The minimum Gasteiger partial charge on any atom is -0.459 e. The number of amides is 1. The minimum absolute atomic E-state index is 0. The van der Waals surface area contributed by atoms with Gasteiger partial charge in [-0.2, -0.15) is 0 Å². The highest BCUT2D eigenvalue weighted by Gasteiger charge is 2.07. The Bertz CT molecular complexity index is 650. The maximum absolute atomic E-state index is 11.7. The van der Waals surface area contributed by atoms with Gasteiger partial charge in [0.15, 0.2) is 11.7 Å². The Balaban J connectivity index is 0.00000288. The molecule has 24 heavy (non-hydrogen) atoms. The van der Waals surface area contributed by atoms with Crippen LogP contribution < -0.4 is 16.0 Å². The molecule has 2 aromatic rings. The molecule has 3 N–H and O–H groups in total. The topological polar surface area (TPSA) is 91.5 Å². The predicted molar refractivity (Wildman–Crippen MR) is 106 cm³/mol. The van der Waals surface area contributed by atoms with E-state index in [2.05, 4.69) is 32.9 Å². The molecule has 9 heteroatoms. The molecule has 0 radical (unpaired) electrons. The quantitative estimate of drug-likeness (QED) is 0.264. The van der Waals surface area contributed by atoms with Gasteiger partial charge in [-0.05, 0) is 26.0 Å². The van der Waals surface area contributed by atoms with Crippen LogP contribution >= 0.6 is 35.3 Å². The molecule has 132 valence electrons.